The molecule has 0 aliphatic carbocycles. The third-order valence-corrected chi connectivity index (χ3v) is 8.27. The van der Waals surface area contributed by atoms with Crippen LogP contribution in [-0.4, -0.2) is 23.2 Å². The Balaban J connectivity index is 1.24. The van der Waals surface area contributed by atoms with Crippen molar-refractivity contribution in [3.63, 3.8) is 0 Å². The number of ketones is 2. The predicted molar refractivity (Wildman–Crippen MR) is 177 cm³/mol. The van der Waals surface area contributed by atoms with Crippen molar-refractivity contribution in [1.29, 1.82) is 0 Å². The molecule has 0 aliphatic heterocycles. The number of Topliss-reactive ketones (excluding diaryl/α,β-unsaturated/α-hetero) is 1. The number of benzene rings is 5. The second-order valence-electron chi connectivity index (χ2n) is 10.5. The molecule has 220 valence electrons. The number of oxime groups is 1. The zero-order valence-corrected chi connectivity index (χ0v) is 25.4. The van der Waals surface area contributed by atoms with Crippen LogP contribution in [0.1, 0.15) is 75.7 Å². The van der Waals surface area contributed by atoms with Gasteiger partial charge < -0.3 is 4.84 Å². The van der Waals surface area contributed by atoms with Crippen molar-refractivity contribution >= 4 is 45.8 Å². The summed E-state index contributed by atoms with van der Waals surface area (Å²) in [7, 11) is 0. The van der Waals surface area contributed by atoms with E-state index in [2.05, 4.69) is 12.1 Å². The van der Waals surface area contributed by atoms with Gasteiger partial charge in [0.05, 0.1) is 5.56 Å². The van der Waals surface area contributed by atoms with Gasteiger partial charge >= 0.3 is 5.97 Å². The lowest BCUT2D eigenvalue weighted by atomic mass is 10.00. The number of rotatable bonds is 13. The number of unbranched alkanes of at least 4 members (excludes halogenated alkanes) is 3. The highest BCUT2D eigenvalue weighted by molar-refractivity contribution is 7.99. The Labute approximate surface area is 262 Å². The van der Waals surface area contributed by atoms with Crippen LogP contribution in [0.25, 0.3) is 10.8 Å². The van der Waals surface area contributed by atoms with Crippen molar-refractivity contribution in [2.24, 2.45) is 5.16 Å². The zero-order chi connectivity index (χ0) is 30.7. The molecule has 0 saturated heterocycles. The molecule has 0 atom stereocenters. The van der Waals surface area contributed by atoms with Crippen LogP contribution >= 0.6 is 11.8 Å². The molecule has 0 radical (unpaired) electrons. The number of hydrogen-bond donors (Lipinski definition) is 0. The predicted octanol–water partition coefficient (Wildman–Crippen LogP) is 9.59. The lowest BCUT2D eigenvalue weighted by molar-refractivity contribution is 0.0514. The average Bonchev–Trinajstić information content (AvgIpc) is 3.08. The zero-order valence-electron chi connectivity index (χ0n) is 24.6. The lowest BCUT2D eigenvalue weighted by Crippen LogP contribution is -2.16. The molecule has 5 nitrogen and oxygen atoms in total. The van der Waals surface area contributed by atoms with E-state index in [1.54, 1.807) is 48.2 Å². The molecule has 0 amide bonds. The van der Waals surface area contributed by atoms with Gasteiger partial charge in [-0.05, 0) is 90.3 Å². The summed E-state index contributed by atoms with van der Waals surface area (Å²) in [5, 5.41) is 6.15. The fraction of sp³-hybridized carbons (Fsp3) is 0.158. The van der Waals surface area contributed by atoms with Crippen molar-refractivity contribution in [2.75, 3.05) is 0 Å². The molecule has 6 heteroatoms. The average molecular weight is 600 g/mol. The third-order valence-electron chi connectivity index (χ3n) is 7.26. The molecule has 44 heavy (non-hydrogen) atoms. The minimum absolute atomic E-state index is 0.0169. The Bertz CT molecular complexity index is 1780. The first kappa shape index (κ1) is 30.6. The van der Waals surface area contributed by atoms with Gasteiger partial charge in [-0.25, -0.2) is 4.79 Å². The maximum Gasteiger partial charge on any atom is 0.365 e. The monoisotopic (exact) mass is 599 g/mol. The van der Waals surface area contributed by atoms with Gasteiger partial charge in [0, 0.05) is 26.5 Å². The largest absolute Gasteiger partial charge is 0.365 e. The van der Waals surface area contributed by atoms with Crippen molar-refractivity contribution in [1.82, 2.24) is 0 Å². The Morgan fingerprint density at radius 3 is 1.91 bits per heavy atom. The maximum absolute atomic E-state index is 13.4. The van der Waals surface area contributed by atoms with Crippen LogP contribution in [0.3, 0.4) is 0 Å². The fourth-order valence-electron chi connectivity index (χ4n) is 4.79. The highest BCUT2D eigenvalue weighted by atomic mass is 32.2. The summed E-state index contributed by atoms with van der Waals surface area (Å²) >= 11 is 1.54. The third kappa shape index (κ3) is 7.97. The van der Waals surface area contributed by atoms with Gasteiger partial charge in [-0.15, -0.1) is 0 Å². The van der Waals surface area contributed by atoms with E-state index in [0.29, 0.717) is 28.7 Å². The Morgan fingerprint density at radius 1 is 0.614 bits per heavy atom. The van der Waals surface area contributed by atoms with Crippen LogP contribution in [0.4, 0.5) is 0 Å². The first-order valence-electron chi connectivity index (χ1n) is 14.8. The molecular weight excluding hydrogens is 566 g/mol. The van der Waals surface area contributed by atoms with E-state index < -0.39 is 5.97 Å². The van der Waals surface area contributed by atoms with Gasteiger partial charge in [-0.2, -0.15) is 0 Å². The summed E-state index contributed by atoms with van der Waals surface area (Å²) in [6.07, 6.45) is 4.33. The van der Waals surface area contributed by atoms with E-state index in [9.17, 15) is 14.4 Å². The summed E-state index contributed by atoms with van der Waals surface area (Å²) in [5.74, 6) is -0.867. The van der Waals surface area contributed by atoms with Crippen LogP contribution in [0.15, 0.2) is 136 Å². The van der Waals surface area contributed by atoms with Crippen LogP contribution in [0.5, 0.6) is 0 Å². The van der Waals surface area contributed by atoms with E-state index in [1.165, 1.54) is 0 Å². The SMILES string of the molecule is CCCCCCC(=NOC(=O)c1ccccc1)C(=O)c1ccc(Sc2ccc(C(=O)c3ccc4ccccc4c3)cc2)cc1. The highest BCUT2D eigenvalue weighted by Crippen LogP contribution is 2.29. The van der Waals surface area contributed by atoms with Gasteiger partial charge in [0.15, 0.2) is 5.78 Å². The normalized spacial score (nSPS) is 11.3. The van der Waals surface area contributed by atoms with Crippen molar-refractivity contribution in [2.45, 2.75) is 48.8 Å². The molecule has 0 aliphatic rings. The smallest absolute Gasteiger partial charge is 0.312 e. The molecule has 0 bridgehead atoms. The summed E-state index contributed by atoms with van der Waals surface area (Å²) < 4.78 is 0. The quantitative estimate of drug-likeness (QED) is 0.0443. The number of nitrogens with zero attached hydrogens (tertiary/aromatic N) is 1. The summed E-state index contributed by atoms with van der Waals surface area (Å²) in [6, 6.07) is 37.2. The molecule has 0 saturated carbocycles. The van der Waals surface area contributed by atoms with Gasteiger partial charge in [-0.1, -0.05) is 97.7 Å². The van der Waals surface area contributed by atoms with Crippen molar-refractivity contribution < 1.29 is 19.2 Å². The second kappa shape index (κ2) is 15.1. The molecule has 5 rings (SSSR count). The molecular formula is C38H33NO4S. The number of hydrogen-bond acceptors (Lipinski definition) is 6. The molecule has 0 unspecified atom stereocenters. The summed E-state index contributed by atoms with van der Waals surface area (Å²) in [5.41, 5.74) is 2.38. The van der Waals surface area contributed by atoms with E-state index in [1.807, 2.05) is 84.9 Å². The minimum atomic E-state index is -0.596. The number of carbonyl (C=O) groups excluding carboxylic acids is 3. The van der Waals surface area contributed by atoms with E-state index in [-0.39, 0.29) is 17.3 Å². The minimum Gasteiger partial charge on any atom is -0.312 e. The van der Waals surface area contributed by atoms with Gasteiger partial charge in [0.25, 0.3) is 0 Å². The van der Waals surface area contributed by atoms with E-state index >= 15 is 0 Å². The van der Waals surface area contributed by atoms with Gasteiger partial charge in [0.2, 0.25) is 5.78 Å². The molecule has 5 aromatic carbocycles. The topological polar surface area (TPSA) is 72.8 Å². The van der Waals surface area contributed by atoms with Gasteiger partial charge in [-0.3, -0.25) is 9.59 Å². The first-order valence-corrected chi connectivity index (χ1v) is 15.6. The Hall–Kier alpha value is -4.81. The van der Waals surface area contributed by atoms with Crippen LogP contribution < -0.4 is 0 Å². The Kier molecular flexibility index (Phi) is 10.5. The standard InChI is InChI=1S/C38H33NO4S/c1-2-3-4-8-15-35(39-43-38(42)30-12-6-5-7-13-30)37(41)29-20-24-34(25-21-29)44-33-22-18-28(19-23-33)36(40)32-17-16-27-11-9-10-14-31(27)26-32/h5-7,9-14,16-26H,2-4,8,15H2,1H3. The van der Waals surface area contributed by atoms with Crippen LogP contribution in [0.2, 0.25) is 0 Å². The fourth-order valence-corrected chi connectivity index (χ4v) is 5.61. The molecule has 0 spiro atoms. The second-order valence-corrected chi connectivity index (χ2v) is 11.6. The van der Waals surface area contributed by atoms with Gasteiger partial charge in [0.1, 0.15) is 5.71 Å². The molecule has 0 aromatic heterocycles. The summed E-state index contributed by atoms with van der Waals surface area (Å²) in [4.78, 5) is 46.0. The lowest BCUT2D eigenvalue weighted by Gasteiger charge is -2.08. The van der Waals surface area contributed by atoms with E-state index in [4.69, 9.17) is 4.84 Å². The number of fused-ring (bicyclic) bond motifs is 1. The molecule has 5 aromatic rings. The van der Waals surface area contributed by atoms with E-state index in [0.717, 1.165) is 46.2 Å². The molecule has 0 fully saturated rings. The highest BCUT2D eigenvalue weighted by Gasteiger charge is 2.17. The van der Waals surface area contributed by atoms with Crippen molar-refractivity contribution in [3.8, 4) is 0 Å². The van der Waals surface area contributed by atoms with Crippen LogP contribution in [-0.2, 0) is 4.84 Å². The first-order chi connectivity index (χ1) is 21.5. The number of carbonyl (C=O) groups is 3. The summed E-state index contributed by atoms with van der Waals surface area (Å²) in [6.45, 7) is 2.13. The van der Waals surface area contributed by atoms with Crippen molar-refractivity contribution in [3.05, 3.63) is 144 Å². The molecule has 0 N–H and O–H groups in total. The maximum atomic E-state index is 13.4. The Morgan fingerprint density at radius 2 is 1.23 bits per heavy atom. The van der Waals surface area contributed by atoms with Crippen LogP contribution in [0, 0.1) is 0 Å². The molecule has 0 heterocycles.